The van der Waals surface area contributed by atoms with Gasteiger partial charge in [0.2, 0.25) is 0 Å². The summed E-state index contributed by atoms with van der Waals surface area (Å²) in [4.78, 5) is 11.5. The molecule has 1 aromatic carbocycles. The lowest BCUT2D eigenvalue weighted by Crippen LogP contribution is -2.00. The molecule has 2 rings (SSSR count). The zero-order valence-electron chi connectivity index (χ0n) is 10.2. The van der Waals surface area contributed by atoms with Crippen LogP contribution >= 0.6 is 0 Å². The maximum absolute atomic E-state index is 11.5. The monoisotopic (exact) mass is 227 g/mol. The minimum absolute atomic E-state index is 0.0338. The second-order valence-corrected chi connectivity index (χ2v) is 4.34. The molecule has 3 nitrogen and oxygen atoms in total. The van der Waals surface area contributed by atoms with E-state index in [0.717, 1.165) is 27.7 Å². The van der Waals surface area contributed by atoms with E-state index < -0.39 is 5.68 Å². The summed E-state index contributed by atoms with van der Waals surface area (Å²) in [5.74, 6) is 0. The first-order valence-electron chi connectivity index (χ1n) is 5.46. The van der Waals surface area contributed by atoms with Gasteiger partial charge in [-0.2, -0.15) is 0 Å². The fourth-order valence-corrected chi connectivity index (χ4v) is 2.24. The molecule has 0 aliphatic carbocycles. The van der Waals surface area contributed by atoms with Crippen LogP contribution in [0, 0.1) is 13.8 Å². The summed E-state index contributed by atoms with van der Waals surface area (Å²) in [6, 6.07) is 3.82. The smallest absolute Gasteiger partial charge is 0.175 e. The van der Waals surface area contributed by atoms with E-state index in [1.807, 2.05) is 37.6 Å². The highest BCUT2D eigenvalue weighted by Crippen LogP contribution is 2.27. The zero-order valence-corrected chi connectivity index (χ0v) is 10.2. The van der Waals surface area contributed by atoms with E-state index in [1.54, 1.807) is 0 Å². The molecule has 2 radical (unpaired) electrons. The molecule has 0 atom stereocenters. The Labute approximate surface area is 101 Å². The average molecular weight is 227 g/mol. The lowest BCUT2D eigenvalue weighted by molar-refractivity contribution is 0.108. The van der Waals surface area contributed by atoms with Gasteiger partial charge < -0.3 is 14.5 Å². The average Bonchev–Trinajstić information content (AvgIpc) is 2.51. The molecular formula is C13H14BNO2. The Morgan fingerprint density at radius 2 is 2.06 bits per heavy atom. The molecule has 0 aliphatic heterocycles. The van der Waals surface area contributed by atoms with Crippen molar-refractivity contribution in [1.29, 1.82) is 0 Å². The molecule has 2 aromatic rings. The Bertz CT molecular complexity index is 614. The molecule has 4 heteroatoms. The number of carbonyl (C=O) groups is 1. The van der Waals surface area contributed by atoms with Crippen LogP contribution in [-0.4, -0.2) is 23.2 Å². The molecular weight excluding hydrogens is 213 g/mol. The van der Waals surface area contributed by atoms with Crippen LogP contribution in [-0.2, 0) is 13.7 Å². The fourth-order valence-electron chi connectivity index (χ4n) is 2.24. The van der Waals surface area contributed by atoms with Crippen LogP contribution in [0.1, 0.15) is 27.2 Å². The van der Waals surface area contributed by atoms with Gasteiger partial charge in [-0.1, -0.05) is 0 Å². The lowest BCUT2D eigenvalue weighted by atomic mass is 9.91. The van der Waals surface area contributed by atoms with Gasteiger partial charge in [-0.15, -0.1) is 0 Å². The molecule has 0 bridgehead atoms. The highest BCUT2D eigenvalue weighted by molar-refractivity contribution is 6.63. The molecule has 0 amide bonds. The third-order valence-corrected chi connectivity index (χ3v) is 3.37. The van der Waals surface area contributed by atoms with E-state index in [2.05, 4.69) is 0 Å². The highest BCUT2D eigenvalue weighted by Gasteiger charge is 2.16. The number of aliphatic hydroxyl groups excluding tert-OH is 1. The van der Waals surface area contributed by atoms with Crippen LogP contribution in [0.15, 0.2) is 12.1 Å². The summed E-state index contributed by atoms with van der Waals surface area (Å²) in [6.45, 7) is 3.78. The lowest BCUT2D eigenvalue weighted by Gasteiger charge is -2.04. The van der Waals surface area contributed by atoms with E-state index in [-0.39, 0.29) is 6.61 Å². The second kappa shape index (κ2) is 4.04. The Kier molecular flexibility index (Phi) is 2.83. The minimum atomic E-state index is -0.430. The van der Waals surface area contributed by atoms with Gasteiger partial charge in [-0.25, -0.2) is 0 Å². The van der Waals surface area contributed by atoms with Crippen molar-refractivity contribution >= 4 is 24.4 Å². The highest BCUT2D eigenvalue weighted by atomic mass is 16.3. The first-order valence-corrected chi connectivity index (χ1v) is 5.46. The van der Waals surface area contributed by atoms with Crippen LogP contribution < -0.4 is 0 Å². The van der Waals surface area contributed by atoms with Crippen LogP contribution in [0.3, 0.4) is 0 Å². The minimum Gasteiger partial charge on any atom is -0.392 e. The Balaban J connectivity index is 2.91. The van der Waals surface area contributed by atoms with Crippen LogP contribution in [0.2, 0.25) is 0 Å². The number of carbonyl (C=O) groups excluding carboxylic acids is 1. The number of aryl methyl sites for hydroxylation is 2. The quantitative estimate of drug-likeness (QED) is 0.791. The predicted octanol–water partition coefficient (Wildman–Crippen LogP) is 1.60. The van der Waals surface area contributed by atoms with Gasteiger partial charge in [0.1, 0.15) is 5.68 Å². The van der Waals surface area contributed by atoms with Crippen LogP contribution in [0.25, 0.3) is 10.9 Å². The Morgan fingerprint density at radius 3 is 2.59 bits per heavy atom. The molecule has 86 valence electrons. The number of hydrogen-bond donors (Lipinski definition) is 1. The normalized spacial score (nSPS) is 11.1. The molecule has 0 aliphatic rings. The van der Waals surface area contributed by atoms with E-state index in [4.69, 9.17) is 7.85 Å². The maximum Gasteiger partial charge on any atom is 0.175 e. The summed E-state index contributed by atoms with van der Waals surface area (Å²) in [5, 5.41) is 10.1. The molecule has 1 N–H and O–H groups in total. The van der Waals surface area contributed by atoms with Gasteiger partial charge in [0.15, 0.2) is 7.85 Å². The van der Waals surface area contributed by atoms with E-state index in [1.165, 1.54) is 0 Å². The zero-order chi connectivity index (χ0) is 12.7. The molecule has 0 saturated carbocycles. The molecule has 0 fully saturated rings. The number of aliphatic hydroxyl groups is 1. The van der Waals surface area contributed by atoms with Gasteiger partial charge in [-0.05, 0) is 37.1 Å². The Morgan fingerprint density at radius 1 is 1.41 bits per heavy atom. The largest absolute Gasteiger partial charge is 0.392 e. The van der Waals surface area contributed by atoms with Gasteiger partial charge >= 0.3 is 0 Å². The van der Waals surface area contributed by atoms with Crippen molar-refractivity contribution in [2.75, 3.05) is 0 Å². The van der Waals surface area contributed by atoms with Crippen molar-refractivity contribution in [2.45, 2.75) is 20.5 Å². The van der Waals surface area contributed by atoms with Crippen molar-refractivity contribution in [3.8, 4) is 0 Å². The first-order chi connectivity index (χ1) is 7.97. The Hall–Kier alpha value is -1.55. The molecule has 0 spiro atoms. The third-order valence-electron chi connectivity index (χ3n) is 3.37. The second-order valence-electron chi connectivity index (χ2n) is 4.34. The van der Waals surface area contributed by atoms with Gasteiger partial charge in [-0.3, -0.25) is 0 Å². The standard InChI is InChI=1S/C13H14BNO2/c1-7-4-11-10(5-9(7)6-16)12(13(14)17)8(2)15(11)3/h4-5,16H,6H2,1-3H3. The van der Waals surface area contributed by atoms with Crippen LogP contribution in [0.4, 0.5) is 0 Å². The van der Waals surface area contributed by atoms with Crippen molar-refractivity contribution in [1.82, 2.24) is 4.57 Å². The first kappa shape index (κ1) is 11.9. The van der Waals surface area contributed by atoms with Crippen molar-refractivity contribution in [3.63, 3.8) is 0 Å². The summed E-state index contributed by atoms with van der Waals surface area (Å²) in [5.41, 5.74) is 3.76. The number of nitrogens with zero attached hydrogens (tertiary/aromatic N) is 1. The fraction of sp³-hybridized carbons (Fsp3) is 0.308. The SMILES string of the molecule is [B]C(=O)c1c(C)n(C)c2cc(C)c(CO)cc12. The molecule has 1 aromatic heterocycles. The van der Waals surface area contributed by atoms with E-state index >= 15 is 0 Å². The summed E-state index contributed by atoms with van der Waals surface area (Å²) in [6.07, 6.45) is 0. The molecule has 1 heterocycles. The summed E-state index contributed by atoms with van der Waals surface area (Å²) < 4.78 is 1.95. The van der Waals surface area contributed by atoms with E-state index in [0.29, 0.717) is 5.56 Å². The summed E-state index contributed by atoms with van der Waals surface area (Å²) >= 11 is 0. The van der Waals surface area contributed by atoms with Crippen LogP contribution in [0.5, 0.6) is 0 Å². The van der Waals surface area contributed by atoms with Gasteiger partial charge in [0.05, 0.1) is 6.61 Å². The number of hydrogen-bond acceptors (Lipinski definition) is 2. The van der Waals surface area contributed by atoms with Gasteiger partial charge in [0, 0.05) is 29.2 Å². The summed E-state index contributed by atoms with van der Waals surface area (Å²) in [7, 11) is 7.31. The predicted molar refractivity (Wildman–Crippen MR) is 68.4 cm³/mol. The maximum atomic E-state index is 11.5. The van der Waals surface area contributed by atoms with Crippen molar-refractivity contribution in [2.24, 2.45) is 7.05 Å². The number of benzene rings is 1. The molecule has 17 heavy (non-hydrogen) atoms. The number of fused-ring (bicyclic) bond motifs is 1. The number of aromatic nitrogens is 1. The van der Waals surface area contributed by atoms with Crippen molar-refractivity contribution in [3.05, 3.63) is 34.5 Å². The van der Waals surface area contributed by atoms with Crippen molar-refractivity contribution < 1.29 is 9.90 Å². The third kappa shape index (κ3) is 1.69. The topological polar surface area (TPSA) is 42.2 Å². The number of rotatable bonds is 2. The molecule has 0 saturated heterocycles. The van der Waals surface area contributed by atoms with Gasteiger partial charge in [0.25, 0.3) is 0 Å². The van der Waals surface area contributed by atoms with E-state index in [9.17, 15) is 9.90 Å². The molecule has 0 unspecified atom stereocenters.